The normalized spacial score (nSPS) is 41.1. The first-order chi connectivity index (χ1) is 7.11. The first kappa shape index (κ1) is 12.3. The van der Waals surface area contributed by atoms with Gasteiger partial charge in [-0.15, -0.1) is 0 Å². The van der Waals surface area contributed by atoms with Crippen LogP contribution in [0.15, 0.2) is 0 Å². The van der Waals surface area contributed by atoms with E-state index in [1.54, 1.807) is 6.07 Å². The Bertz CT molecular complexity index is 240. The van der Waals surface area contributed by atoms with Crippen LogP contribution in [0, 0.1) is 11.3 Å². The Kier molecular flexibility index (Phi) is 4.41. The van der Waals surface area contributed by atoms with Gasteiger partial charge in [-0.2, -0.15) is 5.26 Å². The minimum Gasteiger partial charge on any atom is -0.394 e. The maximum atomic E-state index is 9.40. The SMILES string of the molecule is N#CCO[C@H]1O[C@@H](CO)[C@@H](O)[C@@H](O)[C@@H]1O. The molecule has 0 radical (unpaired) electrons. The second-order valence-corrected chi connectivity index (χ2v) is 3.17. The van der Waals surface area contributed by atoms with E-state index in [1.165, 1.54) is 0 Å². The van der Waals surface area contributed by atoms with Gasteiger partial charge in [-0.25, -0.2) is 0 Å². The summed E-state index contributed by atoms with van der Waals surface area (Å²) in [7, 11) is 0. The molecule has 0 aromatic heterocycles. The van der Waals surface area contributed by atoms with Crippen LogP contribution in [0.4, 0.5) is 0 Å². The first-order valence-electron chi connectivity index (χ1n) is 4.41. The molecule has 0 amide bonds. The summed E-state index contributed by atoms with van der Waals surface area (Å²) in [6.45, 7) is -0.833. The second kappa shape index (κ2) is 5.37. The van der Waals surface area contributed by atoms with Crippen molar-refractivity contribution in [2.24, 2.45) is 0 Å². The van der Waals surface area contributed by atoms with Gasteiger partial charge in [0, 0.05) is 0 Å². The van der Waals surface area contributed by atoms with Gasteiger partial charge < -0.3 is 29.9 Å². The third-order valence-electron chi connectivity index (χ3n) is 2.16. The zero-order chi connectivity index (χ0) is 11.4. The molecule has 1 aliphatic heterocycles. The molecule has 0 spiro atoms. The van der Waals surface area contributed by atoms with E-state index in [-0.39, 0.29) is 6.61 Å². The van der Waals surface area contributed by atoms with Crippen LogP contribution < -0.4 is 0 Å². The maximum absolute atomic E-state index is 9.40. The Morgan fingerprint density at radius 3 is 2.40 bits per heavy atom. The highest BCUT2D eigenvalue weighted by atomic mass is 16.7. The van der Waals surface area contributed by atoms with Crippen LogP contribution in [-0.2, 0) is 9.47 Å². The maximum Gasteiger partial charge on any atom is 0.187 e. The van der Waals surface area contributed by atoms with Crippen LogP contribution in [0.25, 0.3) is 0 Å². The molecule has 1 rings (SSSR count). The lowest BCUT2D eigenvalue weighted by Crippen LogP contribution is -2.59. The molecule has 0 aromatic rings. The Morgan fingerprint density at radius 2 is 1.87 bits per heavy atom. The van der Waals surface area contributed by atoms with E-state index < -0.39 is 37.3 Å². The average Bonchev–Trinajstić information content (AvgIpc) is 2.25. The lowest BCUT2D eigenvalue weighted by atomic mass is 9.99. The van der Waals surface area contributed by atoms with E-state index in [9.17, 15) is 15.3 Å². The van der Waals surface area contributed by atoms with E-state index in [0.29, 0.717) is 0 Å². The summed E-state index contributed by atoms with van der Waals surface area (Å²) >= 11 is 0. The van der Waals surface area contributed by atoms with E-state index in [2.05, 4.69) is 0 Å². The summed E-state index contributed by atoms with van der Waals surface area (Å²) in [5, 5.41) is 45.2. The Labute approximate surface area is 86.1 Å². The molecule has 0 saturated carbocycles. The highest BCUT2D eigenvalue weighted by Crippen LogP contribution is 2.21. The molecular weight excluding hydrogens is 206 g/mol. The van der Waals surface area contributed by atoms with Gasteiger partial charge >= 0.3 is 0 Å². The van der Waals surface area contributed by atoms with Gasteiger partial charge in [0.25, 0.3) is 0 Å². The van der Waals surface area contributed by atoms with Crippen LogP contribution in [0.2, 0.25) is 0 Å². The fraction of sp³-hybridized carbons (Fsp3) is 0.875. The lowest BCUT2D eigenvalue weighted by Gasteiger charge is -2.39. The molecule has 4 N–H and O–H groups in total. The van der Waals surface area contributed by atoms with Crippen molar-refractivity contribution < 1.29 is 29.9 Å². The van der Waals surface area contributed by atoms with Crippen molar-refractivity contribution in [1.29, 1.82) is 5.26 Å². The molecule has 1 aliphatic rings. The van der Waals surface area contributed by atoms with Gasteiger partial charge in [-0.05, 0) is 0 Å². The van der Waals surface area contributed by atoms with Crippen molar-refractivity contribution in [3.05, 3.63) is 0 Å². The van der Waals surface area contributed by atoms with E-state index in [4.69, 9.17) is 19.8 Å². The van der Waals surface area contributed by atoms with Crippen LogP contribution in [0.5, 0.6) is 0 Å². The standard InChI is InChI=1S/C8H13NO6/c9-1-2-14-8-7(13)6(12)5(11)4(3-10)15-8/h4-8,10-13H,2-3H2/t4-,5+,6+,7-,8-/m0/s1. The molecule has 5 atom stereocenters. The van der Waals surface area contributed by atoms with Gasteiger partial charge in [0.2, 0.25) is 0 Å². The Morgan fingerprint density at radius 1 is 1.20 bits per heavy atom. The molecule has 0 unspecified atom stereocenters. The summed E-state index contributed by atoms with van der Waals surface area (Å²) < 4.78 is 9.73. The molecule has 0 bridgehead atoms. The zero-order valence-corrected chi connectivity index (χ0v) is 7.85. The van der Waals surface area contributed by atoms with E-state index in [1.807, 2.05) is 0 Å². The summed E-state index contributed by atoms with van der Waals surface area (Å²) in [6, 6.07) is 1.67. The molecule has 7 heteroatoms. The summed E-state index contributed by atoms with van der Waals surface area (Å²) in [5.74, 6) is 0. The number of hydrogen-bond acceptors (Lipinski definition) is 7. The fourth-order valence-corrected chi connectivity index (χ4v) is 1.32. The molecule has 7 nitrogen and oxygen atoms in total. The molecule has 1 heterocycles. The van der Waals surface area contributed by atoms with Gasteiger partial charge in [0.05, 0.1) is 12.7 Å². The Balaban J connectivity index is 2.62. The van der Waals surface area contributed by atoms with Crippen molar-refractivity contribution in [2.75, 3.05) is 13.2 Å². The number of hydrogen-bond donors (Lipinski definition) is 4. The smallest absolute Gasteiger partial charge is 0.187 e. The van der Waals surface area contributed by atoms with Crippen molar-refractivity contribution in [3.63, 3.8) is 0 Å². The highest BCUT2D eigenvalue weighted by Gasteiger charge is 2.43. The molecule has 0 aromatic carbocycles. The number of aliphatic hydroxyl groups is 4. The second-order valence-electron chi connectivity index (χ2n) is 3.17. The third kappa shape index (κ3) is 2.63. The highest BCUT2D eigenvalue weighted by molar-refractivity contribution is 4.89. The summed E-state index contributed by atoms with van der Waals surface area (Å²) in [6.07, 6.45) is -6.56. The third-order valence-corrected chi connectivity index (χ3v) is 2.16. The van der Waals surface area contributed by atoms with Crippen LogP contribution in [0.1, 0.15) is 0 Å². The van der Waals surface area contributed by atoms with E-state index >= 15 is 0 Å². The van der Waals surface area contributed by atoms with Crippen molar-refractivity contribution >= 4 is 0 Å². The number of rotatable bonds is 3. The van der Waals surface area contributed by atoms with Gasteiger partial charge in [0.15, 0.2) is 6.29 Å². The predicted molar refractivity (Wildman–Crippen MR) is 45.3 cm³/mol. The minimum absolute atomic E-state index is 0.317. The van der Waals surface area contributed by atoms with Crippen molar-refractivity contribution in [1.82, 2.24) is 0 Å². The topological polar surface area (TPSA) is 123 Å². The first-order valence-corrected chi connectivity index (χ1v) is 4.41. The summed E-state index contributed by atoms with van der Waals surface area (Å²) in [4.78, 5) is 0. The molecule has 1 fully saturated rings. The number of nitrogens with zero attached hydrogens (tertiary/aromatic N) is 1. The van der Waals surface area contributed by atoms with Crippen LogP contribution in [0.3, 0.4) is 0 Å². The molecule has 0 aliphatic carbocycles. The van der Waals surface area contributed by atoms with Gasteiger partial charge in [-0.3, -0.25) is 0 Å². The van der Waals surface area contributed by atoms with Gasteiger partial charge in [-0.1, -0.05) is 0 Å². The fourth-order valence-electron chi connectivity index (χ4n) is 1.32. The van der Waals surface area contributed by atoms with E-state index in [0.717, 1.165) is 0 Å². The number of aliphatic hydroxyl groups excluding tert-OH is 4. The van der Waals surface area contributed by atoms with Crippen molar-refractivity contribution in [3.8, 4) is 6.07 Å². The zero-order valence-electron chi connectivity index (χ0n) is 7.85. The monoisotopic (exact) mass is 219 g/mol. The Hall–Kier alpha value is -0.750. The van der Waals surface area contributed by atoms with Crippen LogP contribution in [-0.4, -0.2) is 64.3 Å². The molecule has 86 valence electrons. The quantitative estimate of drug-likeness (QED) is 0.408. The molecule has 1 saturated heterocycles. The average molecular weight is 219 g/mol. The lowest BCUT2D eigenvalue weighted by molar-refractivity contribution is -0.298. The minimum atomic E-state index is -1.47. The van der Waals surface area contributed by atoms with Crippen LogP contribution >= 0.6 is 0 Å². The largest absolute Gasteiger partial charge is 0.394 e. The predicted octanol–water partition coefficient (Wildman–Crippen LogP) is -2.67. The van der Waals surface area contributed by atoms with Gasteiger partial charge in [0.1, 0.15) is 31.0 Å². The number of nitriles is 1. The van der Waals surface area contributed by atoms with Crippen molar-refractivity contribution in [2.45, 2.75) is 30.7 Å². The molecular formula is C8H13NO6. The number of ether oxygens (including phenoxy) is 2. The molecule has 15 heavy (non-hydrogen) atoms. The summed E-state index contributed by atoms with van der Waals surface area (Å²) in [5.41, 5.74) is 0.